The van der Waals surface area contributed by atoms with Gasteiger partial charge in [0.15, 0.2) is 9.84 Å². The molecule has 0 N–H and O–H groups in total. The number of hydrogen-bond acceptors (Lipinski definition) is 4. The van der Waals surface area contributed by atoms with Crippen LogP contribution in [0, 0.1) is 6.92 Å². The van der Waals surface area contributed by atoms with Crippen molar-refractivity contribution in [3.05, 3.63) is 102 Å². The van der Waals surface area contributed by atoms with Crippen molar-refractivity contribution < 1.29 is 8.42 Å². The first kappa shape index (κ1) is 24.3. The Kier molecular flexibility index (Phi) is 7.77. The molecule has 0 saturated heterocycles. The Balaban J connectivity index is 1.93. The van der Waals surface area contributed by atoms with Crippen molar-refractivity contribution in [1.82, 2.24) is 0 Å². The van der Waals surface area contributed by atoms with Crippen LogP contribution >= 0.6 is 0 Å². The Morgan fingerprint density at radius 2 is 1.03 bits per heavy atom. The molecular formula is C28H32N2O2S. The lowest BCUT2D eigenvalue weighted by atomic mass is 10.1. The van der Waals surface area contributed by atoms with Gasteiger partial charge in [-0.25, -0.2) is 8.42 Å². The fourth-order valence-corrected chi connectivity index (χ4v) is 4.74. The molecule has 3 aromatic carbocycles. The SMILES string of the molecule is Cc1ccc(S(=O)(=O)C(/C=C/c2ccc(N(C)C)cc2)/C=C/c2ccc(N(C)C)cc2)cc1. The molecule has 33 heavy (non-hydrogen) atoms. The van der Waals surface area contributed by atoms with Crippen LogP contribution in [0.4, 0.5) is 11.4 Å². The van der Waals surface area contributed by atoms with E-state index >= 15 is 0 Å². The maximum atomic E-state index is 13.5. The second-order valence-electron chi connectivity index (χ2n) is 8.51. The summed E-state index contributed by atoms with van der Waals surface area (Å²) in [6.07, 6.45) is 7.25. The Hall–Kier alpha value is -3.31. The van der Waals surface area contributed by atoms with E-state index in [0.717, 1.165) is 28.1 Å². The van der Waals surface area contributed by atoms with Crippen LogP contribution in [0.1, 0.15) is 16.7 Å². The third-order valence-corrected chi connectivity index (χ3v) is 7.44. The zero-order valence-electron chi connectivity index (χ0n) is 19.9. The summed E-state index contributed by atoms with van der Waals surface area (Å²) in [5, 5.41) is -0.790. The molecule has 0 unspecified atom stereocenters. The van der Waals surface area contributed by atoms with Gasteiger partial charge in [-0.2, -0.15) is 0 Å². The van der Waals surface area contributed by atoms with Gasteiger partial charge in [-0.1, -0.05) is 66.3 Å². The van der Waals surface area contributed by atoms with Crippen LogP contribution in [0.25, 0.3) is 12.2 Å². The van der Waals surface area contributed by atoms with E-state index in [-0.39, 0.29) is 0 Å². The van der Waals surface area contributed by atoms with Gasteiger partial charge in [0.05, 0.1) is 4.90 Å². The average Bonchev–Trinajstić information content (AvgIpc) is 2.79. The standard InChI is InChI=1S/C28H32N2O2S/c1-22-6-18-27(19-7-22)33(31,32)28(20-12-23-8-14-25(15-9-23)29(2)3)21-13-24-10-16-26(17-11-24)30(4)5/h6-21,28H,1-5H3/b20-12+,21-13+. The minimum atomic E-state index is -3.59. The summed E-state index contributed by atoms with van der Waals surface area (Å²) in [6.45, 7) is 1.95. The Bertz CT molecular complexity index is 1140. The third-order valence-electron chi connectivity index (χ3n) is 5.48. The molecule has 4 nitrogen and oxygen atoms in total. The zero-order valence-corrected chi connectivity index (χ0v) is 20.8. The van der Waals surface area contributed by atoms with Crippen LogP contribution in [0.3, 0.4) is 0 Å². The van der Waals surface area contributed by atoms with Gasteiger partial charge in [-0.15, -0.1) is 0 Å². The number of anilines is 2. The van der Waals surface area contributed by atoms with E-state index in [1.54, 1.807) is 24.3 Å². The predicted octanol–water partition coefficient (Wildman–Crippen LogP) is 5.70. The van der Waals surface area contributed by atoms with Gasteiger partial charge in [0.2, 0.25) is 0 Å². The lowest BCUT2D eigenvalue weighted by Gasteiger charge is -2.13. The first-order valence-electron chi connectivity index (χ1n) is 10.9. The van der Waals surface area contributed by atoms with Gasteiger partial charge in [0.25, 0.3) is 0 Å². The van der Waals surface area contributed by atoms with Crippen molar-refractivity contribution in [1.29, 1.82) is 0 Å². The summed E-state index contributed by atoms with van der Waals surface area (Å²) >= 11 is 0. The molecule has 0 atom stereocenters. The molecule has 3 rings (SSSR count). The van der Waals surface area contributed by atoms with E-state index in [4.69, 9.17) is 0 Å². The largest absolute Gasteiger partial charge is 0.378 e. The highest BCUT2D eigenvalue weighted by molar-refractivity contribution is 7.92. The molecule has 3 aromatic rings. The molecular weight excluding hydrogens is 428 g/mol. The smallest absolute Gasteiger partial charge is 0.188 e. The van der Waals surface area contributed by atoms with E-state index in [1.165, 1.54) is 0 Å². The summed E-state index contributed by atoms with van der Waals surface area (Å²) in [6, 6.07) is 23.1. The maximum Gasteiger partial charge on any atom is 0.188 e. The molecule has 0 amide bonds. The second-order valence-corrected chi connectivity index (χ2v) is 10.6. The lowest BCUT2D eigenvalue weighted by molar-refractivity contribution is 0.594. The molecule has 172 valence electrons. The molecule has 0 aromatic heterocycles. The molecule has 0 heterocycles. The van der Waals surface area contributed by atoms with E-state index in [9.17, 15) is 8.42 Å². The summed E-state index contributed by atoms with van der Waals surface area (Å²) in [5.41, 5.74) is 5.12. The van der Waals surface area contributed by atoms with Crippen molar-refractivity contribution in [2.75, 3.05) is 38.0 Å². The van der Waals surface area contributed by atoms with Crippen LogP contribution in [-0.2, 0) is 9.84 Å². The Labute approximate surface area is 198 Å². The first-order chi connectivity index (χ1) is 15.7. The van der Waals surface area contributed by atoms with Crippen molar-refractivity contribution in [2.45, 2.75) is 17.1 Å². The Morgan fingerprint density at radius 3 is 1.39 bits per heavy atom. The average molecular weight is 461 g/mol. The topological polar surface area (TPSA) is 40.6 Å². The summed E-state index contributed by atoms with van der Waals surface area (Å²) in [7, 11) is 4.37. The highest BCUT2D eigenvalue weighted by Gasteiger charge is 2.23. The number of sulfone groups is 1. The molecule has 0 aliphatic carbocycles. The molecule has 0 fully saturated rings. The van der Waals surface area contributed by atoms with Crippen molar-refractivity contribution in [3.63, 3.8) is 0 Å². The highest BCUT2D eigenvalue weighted by atomic mass is 32.2. The van der Waals surface area contributed by atoms with E-state index in [0.29, 0.717) is 4.90 Å². The second kappa shape index (κ2) is 10.5. The van der Waals surface area contributed by atoms with E-state index in [2.05, 4.69) is 0 Å². The molecule has 0 bridgehead atoms. The normalized spacial score (nSPS) is 12.1. The van der Waals surface area contributed by atoms with Crippen LogP contribution in [0.5, 0.6) is 0 Å². The third kappa shape index (κ3) is 6.36. The number of aryl methyl sites for hydroxylation is 1. The summed E-state index contributed by atoms with van der Waals surface area (Å²) < 4.78 is 26.9. The van der Waals surface area contributed by atoms with Crippen molar-refractivity contribution >= 4 is 33.4 Å². The van der Waals surface area contributed by atoms with Gasteiger partial charge in [-0.05, 0) is 54.4 Å². The number of nitrogens with zero attached hydrogens (tertiary/aromatic N) is 2. The molecule has 5 heteroatoms. The maximum absolute atomic E-state index is 13.5. The minimum absolute atomic E-state index is 0.318. The summed E-state index contributed by atoms with van der Waals surface area (Å²) in [5.74, 6) is 0. The molecule has 0 radical (unpaired) electrons. The lowest BCUT2D eigenvalue weighted by Crippen LogP contribution is -2.17. The minimum Gasteiger partial charge on any atom is -0.378 e. The fourth-order valence-electron chi connectivity index (χ4n) is 3.34. The van der Waals surface area contributed by atoms with Crippen molar-refractivity contribution in [2.24, 2.45) is 0 Å². The highest BCUT2D eigenvalue weighted by Crippen LogP contribution is 2.22. The quantitative estimate of drug-likeness (QED) is 0.433. The number of hydrogen-bond donors (Lipinski definition) is 0. The van der Waals surface area contributed by atoms with Gasteiger partial charge >= 0.3 is 0 Å². The van der Waals surface area contributed by atoms with Gasteiger partial charge in [0, 0.05) is 39.6 Å². The van der Waals surface area contributed by atoms with Crippen LogP contribution in [-0.4, -0.2) is 41.9 Å². The molecule has 0 aliphatic rings. The predicted molar refractivity (Wildman–Crippen MR) is 142 cm³/mol. The van der Waals surface area contributed by atoms with E-state index in [1.807, 2.05) is 118 Å². The number of benzene rings is 3. The monoisotopic (exact) mass is 460 g/mol. The van der Waals surface area contributed by atoms with Crippen molar-refractivity contribution in [3.8, 4) is 0 Å². The number of rotatable bonds is 8. The Morgan fingerprint density at radius 1 is 0.636 bits per heavy atom. The van der Waals surface area contributed by atoms with Gasteiger partial charge in [-0.3, -0.25) is 0 Å². The first-order valence-corrected chi connectivity index (χ1v) is 12.4. The van der Waals surface area contributed by atoms with Crippen LogP contribution < -0.4 is 9.80 Å². The van der Waals surface area contributed by atoms with Crippen LogP contribution in [0.15, 0.2) is 89.8 Å². The van der Waals surface area contributed by atoms with Crippen LogP contribution in [0.2, 0.25) is 0 Å². The fraction of sp³-hybridized carbons (Fsp3) is 0.214. The molecule has 0 spiro atoms. The van der Waals surface area contributed by atoms with E-state index < -0.39 is 15.1 Å². The van der Waals surface area contributed by atoms with Gasteiger partial charge in [0.1, 0.15) is 5.25 Å². The molecule has 0 aliphatic heterocycles. The van der Waals surface area contributed by atoms with Gasteiger partial charge < -0.3 is 9.80 Å². The zero-order chi connectivity index (χ0) is 24.0. The molecule has 0 saturated carbocycles. The summed E-state index contributed by atoms with van der Waals surface area (Å²) in [4.78, 5) is 4.38.